The smallest absolute Gasteiger partial charge is 0.158 e. The third-order valence-corrected chi connectivity index (χ3v) is 2.80. The van der Waals surface area contributed by atoms with Gasteiger partial charge in [0.2, 0.25) is 0 Å². The third-order valence-electron chi connectivity index (χ3n) is 2.80. The van der Waals surface area contributed by atoms with Crippen molar-refractivity contribution in [3.63, 3.8) is 0 Å². The average Bonchev–Trinajstić information content (AvgIpc) is 2.51. The first-order valence-corrected chi connectivity index (χ1v) is 8.19. The average molecular weight is 330 g/mol. The van der Waals surface area contributed by atoms with Gasteiger partial charge in [0.15, 0.2) is 11.6 Å². The van der Waals surface area contributed by atoms with E-state index in [1.807, 2.05) is 0 Å². The zero-order valence-corrected chi connectivity index (χ0v) is 14.2. The molecule has 0 rings (SSSR count). The Morgan fingerprint density at radius 2 is 1.30 bits per heavy atom. The maximum atomic E-state index is 11.4. The fourth-order valence-electron chi connectivity index (χ4n) is 1.63. The van der Waals surface area contributed by atoms with Crippen LogP contribution in [0.1, 0.15) is 39.0 Å². The Bertz CT molecular complexity index is 293. The third kappa shape index (κ3) is 19.1. The highest BCUT2D eigenvalue weighted by Gasteiger charge is 2.03. The van der Waals surface area contributed by atoms with Crippen LogP contribution in [0.25, 0.3) is 0 Å². The normalized spacial score (nSPS) is 10.9. The van der Waals surface area contributed by atoms with Gasteiger partial charge in [0.05, 0.1) is 26.4 Å². The number of unbranched alkanes of at least 4 members (excludes halogenated alkanes) is 2. The molecule has 0 N–H and O–H groups in total. The summed E-state index contributed by atoms with van der Waals surface area (Å²) in [6.45, 7) is 10.3. The number of carbonyl (C=O) groups is 2. The first-order valence-electron chi connectivity index (χ1n) is 8.19. The second-order valence-corrected chi connectivity index (χ2v) is 5.17. The molecule has 0 aromatic carbocycles. The standard InChI is InChI=1S/C17H30O6/c1-3-4-8-20-10-12-22-13-11-21-9-6-5-7-17(19)15-23-14-16(2)18/h1H,3-15H2,2H3. The number of hydrogen-bond donors (Lipinski definition) is 0. The van der Waals surface area contributed by atoms with Crippen LogP contribution in [0.3, 0.4) is 0 Å². The van der Waals surface area contributed by atoms with Gasteiger partial charge in [0.25, 0.3) is 0 Å². The molecule has 0 unspecified atom stereocenters. The predicted octanol–water partition coefficient (Wildman–Crippen LogP) is 1.87. The maximum absolute atomic E-state index is 11.4. The van der Waals surface area contributed by atoms with Crippen LogP contribution in [0.2, 0.25) is 0 Å². The van der Waals surface area contributed by atoms with E-state index in [0.29, 0.717) is 52.5 Å². The molecular weight excluding hydrogens is 300 g/mol. The van der Waals surface area contributed by atoms with Gasteiger partial charge in [-0.15, -0.1) is 0 Å². The number of ether oxygens (including phenoxy) is 4. The topological polar surface area (TPSA) is 71.1 Å². The van der Waals surface area contributed by atoms with Crippen molar-refractivity contribution in [1.29, 1.82) is 0 Å². The quantitative estimate of drug-likeness (QED) is 0.357. The first kappa shape index (κ1) is 22.2. The molecule has 0 aromatic rings. The molecule has 0 aliphatic rings. The van der Waals surface area contributed by atoms with Gasteiger partial charge in [-0.05, 0) is 39.5 Å². The lowest BCUT2D eigenvalue weighted by Crippen LogP contribution is -2.13. The second-order valence-electron chi connectivity index (χ2n) is 5.17. The molecule has 2 radical (unpaired) electrons. The highest BCUT2D eigenvalue weighted by atomic mass is 16.5. The molecule has 134 valence electrons. The number of Topliss-reactive ketones (excluding diaryl/α,β-unsaturated/α-hetero) is 2. The van der Waals surface area contributed by atoms with Crippen LogP contribution in [0, 0.1) is 6.92 Å². The largest absolute Gasteiger partial charge is 0.379 e. The van der Waals surface area contributed by atoms with E-state index in [0.717, 1.165) is 19.3 Å². The summed E-state index contributed by atoms with van der Waals surface area (Å²) in [6.07, 6.45) is 3.55. The van der Waals surface area contributed by atoms with Crippen molar-refractivity contribution in [2.75, 3.05) is 52.9 Å². The van der Waals surface area contributed by atoms with E-state index in [1.165, 1.54) is 6.92 Å². The number of rotatable bonds is 18. The van der Waals surface area contributed by atoms with E-state index in [1.54, 1.807) is 0 Å². The van der Waals surface area contributed by atoms with Crippen LogP contribution < -0.4 is 0 Å². The molecule has 6 heteroatoms. The van der Waals surface area contributed by atoms with Crippen LogP contribution in [-0.2, 0) is 28.5 Å². The van der Waals surface area contributed by atoms with Crippen molar-refractivity contribution in [2.24, 2.45) is 0 Å². The number of carbonyl (C=O) groups excluding carboxylic acids is 2. The van der Waals surface area contributed by atoms with E-state index < -0.39 is 0 Å². The van der Waals surface area contributed by atoms with E-state index in [-0.39, 0.29) is 24.8 Å². The molecule has 0 aliphatic heterocycles. The highest BCUT2D eigenvalue weighted by Crippen LogP contribution is 1.98. The summed E-state index contributed by atoms with van der Waals surface area (Å²) in [5.41, 5.74) is 0. The van der Waals surface area contributed by atoms with E-state index >= 15 is 0 Å². The zero-order valence-electron chi connectivity index (χ0n) is 14.2. The van der Waals surface area contributed by atoms with Crippen LogP contribution in [0.15, 0.2) is 0 Å². The lowest BCUT2D eigenvalue weighted by molar-refractivity contribution is -0.127. The van der Waals surface area contributed by atoms with Gasteiger partial charge in [-0.1, -0.05) is 0 Å². The minimum atomic E-state index is -0.0736. The SMILES string of the molecule is [CH]CCCOCCOCCOCCCCC(=O)COCC(C)=O. The zero-order chi connectivity index (χ0) is 17.2. The van der Waals surface area contributed by atoms with E-state index in [9.17, 15) is 9.59 Å². The summed E-state index contributed by atoms with van der Waals surface area (Å²) < 4.78 is 21.0. The minimum absolute atomic E-state index is 0.00686. The van der Waals surface area contributed by atoms with Gasteiger partial charge in [-0.3, -0.25) is 9.59 Å². The summed E-state index contributed by atoms with van der Waals surface area (Å²) in [5.74, 6) is -0.0558. The van der Waals surface area contributed by atoms with Gasteiger partial charge in [0, 0.05) is 19.6 Å². The lowest BCUT2D eigenvalue weighted by Gasteiger charge is -2.06. The monoisotopic (exact) mass is 330 g/mol. The molecule has 0 amide bonds. The van der Waals surface area contributed by atoms with Gasteiger partial charge >= 0.3 is 0 Å². The molecule has 0 bridgehead atoms. The summed E-state index contributed by atoms with van der Waals surface area (Å²) >= 11 is 0. The molecule has 0 heterocycles. The molecule has 6 nitrogen and oxygen atoms in total. The first-order chi connectivity index (χ1) is 11.2. The van der Waals surface area contributed by atoms with Crippen molar-refractivity contribution in [3.05, 3.63) is 6.92 Å². The van der Waals surface area contributed by atoms with Crippen LogP contribution in [-0.4, -0.2) is 64.4 Å². The summed E-state index contributed by atoms with van der Waals surface area (Å²) in [4.78, 5) is 22.0. The Balaban J connectivity index is 3.12. The summed E-state index contributed by atoms with van der Waals surface area (Å²) in [5, 5.41) is 0. The van der Waals surface area contributed by atoms with Crippen molar-refractivity contribution in [3.8, 4) is 0 Å². The molecule has 0 aromatic heterocycles. The fourth-order valence-corrected chi connectivity index (χ4v) is 1.63. The highest BCUT2D eigenvalue weighted by molar-refractivity contribution is 5.80. The van der Waals surface area contributed by atoms with Gasteiger partial charge in [-0.25, -0.2) is 0 Å². The molecule has 0 saturated carbocycles. The fraction of sp³-hybridized carbons (Fsp3) is 0.824. The van der Waals surface area contributed by atoms with Crippen molar-refractivity contribution >= 4 is 11.6 Å². The molecule has 23 heavy (non-hydrogen) atoms. The van der Waals surface area contributed by atoms with Crippen LogP contribution in [0.4, 0.5) is 0 Å². The minimum Gasteiger partial charge on any atom is -0.379 e. The van der Waals surface area contributed by atoms with Gasteiger partial charge in [0.1, 0.15) is 13.2 Å². The molecule has 0 spiro atoms. The molecule has 0 atom stereocenters. The maximum Gasteiger partial charge on any atom is 0.158 e. The predicted molar refractivity (Wildman–Crippen MR) is 86.3 cm³/mol. The second kappa shape index (κ2) is 17.5. The van der Waals surface area contributed by atoms with Crippen molar-refractivity contribution in [2.45, 2.75) is 39.0 Å². The van der Waals surface area contributed by atoms with Gasteiger partial charge in [-0.2, -0.15) is 0 Å². The summed E-state index contributed by atoms with van der Waals surface area (Å²) in [7, 11) is 0. The van der Waals surface area contributed by atoms with E-state index in [2.05, 4.69) is 0 Å². The Hall–Kier alpha value is -0.820. The molecule has 0 aliphatic carbocycles. The van der Waals surface area contributed by atoms with Crippen LogP contribution >= 0.6 is 0 Å². The van der Waals surface area contributed by atoms with Crippen molar-refractivity contribution in [1.82, 2.24) is 0 Å². The number of hydrogen-bond acceptors (Lipinski definition) is 6. The van der Waals surface area contributed by atoms with Crippen molar-refractivity contribution < 1.29 is 28.5 Å². The Morgan fingerprint density at radius 1 is 0.739 bits per heavy atom. The Morgan fingerprint density at radius 3 is 1.87 bits per heavy atom. The molecular formula is C17H30O6. The van der Waals surface area contributed by atoms with Gasteiger partial charge < -0.3 is 18.9 Å². The Labute approximate surface area is 139 Å². The van der Waals surface area contributed by atoms with E-state index in [4.69, 9.17) is 25.9 Å². The van der Waals surface area contributed by atoms with Crippen LogP contribution in [0.5, 0.6) is 0 Å². The summed E-state index contributed by atoms with van der Waals surface area (Å²) in [6, 6.07) is 0. The lowest BCUT2D eigenvalue weighted by atomic mass is 10.2. The Kier molecular flexibility index (Phi) is 16.9. The number of ketones is 2. The molecule has 0 saturated heterocycles. The molecule has 0 fully saturated rings.